The van der Waals surface area contributed by atoms with Gasteiger partial charge in [-0.15, -0.1) is 0 Å². The van der Waals surface area contributed by atoms with E-state index < -0.39 is 5.60 Å². The van der Waals surface area contributed by atoms with Crippen molar-refractivity contribution in [2.75, 3.05) is 37.6 Å². The Morgan fingerprint density at radius 3 is 2.58 bits per heavy atom. The number of piperidine rings is 1. The molecule has 2 aromatic rings. The predicted molar refractivity (Wildman–Crippen MR) is 124 cm³/mol. The summed E-state index contributed by atoms with van der Waals surface area (Å²) >= 11 is 6.08. The number of hydrogen-bond donors (Lipinski definition) is 0. The van der Waals surface area contributed by atoms with Crippen LogP contribution in [0.1, 0.15) is 24.8 Å². The van der Waals surface area contributed by atoms with E-state index in [0.29, 0.717) is 36.8 Å². The highest BCUT2D eigenvalue weighted by atomic mass is 35.5. The zero-order valence-electron chi connectivity index (χ0n) is 18.4. The number of carbonyl (C=O) groups excluding carboxylic acids is 2. The van der Waals surface area contributed by atoms with Gasteiger partial charge in [-0.1, -0.05) is 29.8 Å². The molecule has 8 heteroatoms. The second-order valence-corrected chi connectivity index (χ2v) is 9.74. The Morgan fingerprint density at radius 2 is 1.85 bits per heavy atom. The molecule has 33 heavy (non-hydrogen) atoms. The van der Waals surface area contributed by atoms with Crippen molar-refractivity contribution in [2.45, 2.75) is 31.4 Å². The third kappa shape index (κ3) is 4.70. The Bertz CT molecular complexity index is 1040. The fourth-order valence-electron chi connectivity index (χ4n) is 5.16. The van der Waals surface area contributed by atoms with Gasteiger partial charge in [0.2, 0.25) is 5.91 Å². The van der Waals surface area contributed by atoms with Crippen molar-refractivity contribution in [1.29, 1.82) is 0 Å². The van der Waals surface area contributed by atoms with Crippen LogP contribution in [0.5, 0.6) is 0 Å². The van der Waals surface area contributed by atoms with Gasteiger partial charge in [0.25, 0.3) is 0 Å². The Morgan fingerprint density at radius 1 is 1.09 bits per heavy atom. The predicted octanol–water partition coefficient (Wildman–Crippen LogP) is 4.32. The van der Waals surface area contributed by atoms with Crippen molar-refractivity contribution >= 4 is 29.3 Å². The summed E-state index contributed by atoms with van der Waals surface area (Å²) in [7, 11) is 0. The summed E-state index contributed by atoms with van der Waals surface area (Å²) in [5.74, 6) is -0.0774. The average molecular weight is 472 g/mol. The normalized spacial score (nSPS) is 24.0. The molecule has 1 unspecified atom stereocenters. The average Bonchev–Trinajstić information content (AvgIpc) is 3.37. The molecule has 0 radical (unpaired) electrons. The van der Waals surface area contributed by atoms with E-state index in [1.807, 2.05) is 29.2 Å². The molecule has 5 rings (SSSR count). The van der Waals surface area contributed by atoms with Crippen LogP contribution in [-0.2, 0) is 16.1 Å². The number of amides is 2. The molecule has 2 amide bonds. The smallest absolute Gasteiger partial charge is 0.415 e. The standard InChI is InChI=1S/C25H27ClFN3O3/c26-20-2-1-3-22(14-20)30-17-25(33-24(30)32)10-13-29(16-25)23(31)19-8-11-28(12-9-19)15-18-4-6-21(27)7-5-18/h1-7,14,19H,8-13,15-17H2. The van der Waals surface area contributed by atoms with Gasteiger partial charge in [0, 0.05) is 36.1 Å². The van der Waals surface area contributed by atoms with Crippen molar-refractivity contribution < 1.29 is 18.7 Å². The fourth-order valence-corrected chi connectivity index (χ4v) is 5.34. The van der Waals surface area contributed by atoms with Crippen molar-refractivity contribution in [3.63, 3.8) is 0 Å². The van der Waals surface area contributed by atoms with Gasteiger partial charge in [0.1, 0.15) is 5.82 Å². The van der Waals surface area contributed by atoms with Gasteiger partial charge in [-0.05, 0) is 61.8 Å². The lowest BCUT2D eigenvalue weighted by Crippen LogP contribution is -2.44. The lowest BCUT2D eigenvalue weighted by atomic mass is 9.95. The van der Waals surface area contributed by atoms with E-state index in [2.05, 4.69) is 4.90 Å². The zero-order chi connectivity index (χ0) is 23.0. The summed E-state index contributed by atoms with van der Waals surface area (Å²) in [5, 5.41) is 0.565. The molecule has 2 aromatic carbocycles. The summed E-state index contributed by atoms with van der Waals surface area (Å²) in [6.07, 6.45) is 1.86. The van der Waals surface area contributed by atoms with E-state index in [1.165, 1.54) is 12.1 Å². The van der Waals surface area contributed by atoms with Crippen LogP contribution in [0, 0.1) is 11.7 Å². The number of carbonyl (C=O) groups is 2. The third-order valence-electron chi connectivity index (χ3n) is 6.97. The highest BCUT2D eigenvalue weighted by molar-refractivity contribution is 6.30. The van der Waals surface area contributed by atoms with Crippen LogP contribution in [0.25, 0.3) is 0 Å². The summed E-state index contributed by atoms with van der Waals surface area (Å²) in [5.41, 5.74) is 1.14. The van der Waals surface area contributed by atoms with E-state index >= 15 is 0 Å². The molecule has 3 aliphatic rings. The molecule has 0 saturated carbocycles. The topological polar surface area (TPSA) is 53.1 Å². The lowest BCUT2D eigenvalue weighted by molar-refractivity contribution is -0.136. The van der Waals surface area contributed by atoms with Crippen molar-refractivity contribution in [3.05, 3.63) is 64.9 Å². The minimum atomic E-state index is -0.654. The van der Waals surface area contributed by atoms with E-state index in [0.717, 1.165) is 38.0 Å². The molecule has 3 heterocycles. The second kappa shape index (κ2) is 8.95. The monoisotopic (exact) mass is 471 g/mol. The highest BCUT2D eigenvalue weighted by Crippen LogP contribution is 2.36. The molecule has 1 spiro atoms. The molecule has 174 valence electrons. The zero-order valence-corrected chi connectivity index (χ0v) is 19.1. The molecule has 0 aliphatic carbocycles. The van der Waals surface area contributed by atoms with Crippen LogP contribution in [0.4, 0.5) is 14.9 Å². The molecule has 3 fully saturated rings. The van der Waals surface area contributed by atoms with Crippen molar-refractivity contribution in [2.24, 2.45) is 5.92 Å². The first-order chi connectivity index (χ1) is 15.9. The van der Waals surface area contributed by atoms with Crippen molar-refractivity contribution in [1.82, 2.24) is 9.80 Å². The number of nitrogens with zero attached hydrogens (tertiary/aromatic N) is 3. The van der Waals surface area contributed by atoms with Gasteiger partial charge in [-0.2, -0.15) is 0 Å². The highest BCUT2D eigenvalue weighted by Gasteiger charge is 2.51. The van der Waals surface area contributed by atoms with Gasteiger partial charge in [-0.25, -0.2) is 9.18 Å². The molecule has 0 aromatic heterocycles. The summed E-state index contributed by atoms with van der Waals surface area (Å²) in [4.78, 5) is 31.6. The van der Waals surface area contributed by atoms with Gasteiger partial charge >= 0.3 is 6.09 Å². The first kappa shape index (κ1) is 22.2. The number of rotatable bonds is 4. The number of hydrogen-bond acceptors (Lipinski definition) is 4. The van der Waals surface area contributed by atoms with E-state index in [9.17, 15) is 14.0 Å². The number of benzene rings is 2. The van der Waals surface area contributed by atoms with E-state index in [4.69, 9.17) is 16.3 Å². The molecule has 0 N–H and O–H groups in total. The Hall–Kier alpha value is -2.64. The van der Waals surface area contributed by atoms with Crippen LogP contribution in [0.2, 0.25) is 5.02 Å². The summed E-state index contributed by atoms with van der Waals surface area (Å²) in [6.45, 7) is 3.90. The molecule has 3 saturated heterocycles. The third-order valence-corrected chi connectivity index (χ3v) is 7.21. The molecule has 0 bridgehead atoms. The molecule has 6 nitrogen and oxygen atoms in total. The van der Waals surface area contributed by atoms with Gasteiger partial charge in [0.05, 0.1) is 13.1 Å². The Kier molecular flexibility index (Phi) is 6.01. The van der Waals surface area contributed by atoms with Crippen LogP contribution in [0.15, 0.2) is 48.5 Å². The lowest BCUT2D eigenvalue weighted by Gasteiger charge is -2.33. The number of likely N-dealkylation sites (tertiary alicyclic amines) is 2. The van der Waals surface area contributed by atoms with Gasteiger partial charge in [0.15, 0.2) is 5.60 Å². The van der Waals surface area contributed by atoms with Gasteiger partial charge in [-0.3, -0.25) is 14.6 Å². The maximum absolute atomic E-state index is 13.2. The number of anilines is 1. The second-order valence-electron chi connectivity index (χ2n) is 9.30. The van der Waals surface area contributed by atoms with Crippen LogP contribution >= 0.6 is 11.6 Å². The minimum absolute atomic E-state index is 0.00856. The Labute approximate surface area is 197 Å². The number of halogens is 2. The maximum atomic E-state index is 13.2. The molecular weight excluding hydrogens is 445 g/mol. The van der Waals surface area contributed by atoms with E-state index in [1.54, 1.807) is 17.0 Å². The first-order valence-electron chi connectivity index (χ1n) is 11.4. The SMILES string of the molecule is O=C(C1CCN(Cc2ccc(F)cc2)CC1)N1CCC2(C1)CN(c1cccc(Cl)c1)C(=O)O2. The van der Waals surface area contributed by atoms with Crippen molar-refractivity contribution in [3.8, 4) is 0 Å². The fraction of sp³-hybridized carbons (Fsp3) is 0.440. The van der Waals surface area contributed by atoms with Crippen LogP contribution in [0.3, 0.4) is 0 Å². The Balaban J connectivity index is 1.15. The quantitative estimate of drug-likeness (QED) is 0.666. The first-order valence-corrected chi connectivity index (χ1v) is 11.8. The molecule has 1 atom stereocenters. The maximum Gasteiger partial charge on any atom is 0.415 e. The summed E-state index contributed by atoms with van der Waals surface area (Å²) < 4.78 is 18.9. The van der Waals surface area contributed by atoms with E-state index in [-0.39, 0.29) is 23.7 Å². The number of ether oxygens (including phenoxy) is 1. The molecule has 3 aliphatic heterocycles. The largest absolute Gasteiger partial charge is 0.439 e. The minimum Gasteiger partial charge on any atom is -0.439 e. The summed E-state index contributed by atoms with van der Waals surface area (Å²) in [6, 6.07) is 13.8. The van der Waals surface area contributed by atoms with Crippen LogP contribution in [-0.4, -0.2) is 60.1 Å². The van der Waals surface area contributed by atoms with Crippen LogP contribution < -0.4 is 4.90 Å². The van der Waals surface area contributed by atoms with Gasteiger partial charge < -0.3 is 9.64 Å². The molecular formula is C25H27ClFN3O3.